The van der Waals surface area contributed by atoms with Crippen LogP contribution in [0.25, 0.3) is 0 Å². The van der Waals surface area contributed by atoms with E-state index in [-0.39, 0.29) is 11.3 Å². The van der Waals surface area contributed by atoms with Crippen molar-refractivity contribution in [2.45, 2.75) is 19.2 Å². The van der Waals surface area contributed by atoms with Crippen LogP contribution in [0.3, 0.4) is 0 Å². The van der Waals surface area contributed by atoms with Gasteiger partial charge in [0.1, 0.15) is 6.61 Å². The fourth-order valence-electron chi connectivity index (χ4n) is 1.08. The topological polar surface area (TPSA) is 59.4 Å². The Morgan fingerprint density at radius 2 is 2.18 bits per heavy atom. The van der Waals surface area contributed by atoms with Gasteiger partial charge in [-0.25, -0.2) is 4.79 Å². The summed E-state index contributed by atoms with van der Waals surface area (Å²) in [4.78, 5) is 14.2. The van der Waals surface area contributed by atoms with Crippen molar-refractivity contribution in [2.75, 3.05) is 6.61 Å². The summed E-state index contributed by atoms with van der Waals surface area (Å²) in [6.07, 6.45) is -4.17. The van der Waals surface area contributed by atoms with Crippen molar-refractivity contribution in [3.8, 4) is 0 Å². The molecule has 1 aromatic rings. The highest BCUT2D eigenvalue weighted by atomic mass is 19.4. The molecule has 1 aromatic heterocycles. The Morgan fingerprint density at radius 1 is 1.53 bits per heavy atom. The van der Waals surface area contributed by atoms with Gasteiger partial charge in [-0.05, 0) is 19.1 Å². The zero-order valence-corrected chi connectivity index (χ0v) is 8.86. The van der Waals surface area contributed by atoms with Gasteiger partial charge in [-0.2, -0.15) is 13.2 Å². The van der Waals surface area contributed by atoms with Gasteiger partial charge in [0.2, 0.25) is 0 Å². The minimum Gasteiger partial charge on any atom is -0.478 e. The summed E-state index contributed by atoms with van der Waals surface area (Å²) in [7, 11) is 0. The SMILES string of the molecule is CC(OCC(F)(F)F)c1ccc(C(=O)O)cn1. The second kappa shape index (κ2) is 5.13. The number of aromatic nitrogens is 1. The van der Waals surface area contributed by atoms with E-state index in [4.69, 9.17) is 5.11 Å². The molecule has 4 nitrogen and oxygen atoms in total. The van der Waals surface area contributed by atoms with Gasteiger partial charge in [0.05, 0.1) is 17.4 Å². The summed E-state index contributed by atoms with van der Waals surface area (Å²) < 4.78 is 40.2. The van der Waals surface area contributed by atoms with E-state index in [1.165, 1.54) is 19.1 Å². The molecule has 1 N–H and O–H groups in total. The molecule has 0 aliphatic heterocycles. The summed E-state index contributed by atoms with van der Waals surface area (Å²) in [6, 6.07) is 2.59. The van der Waals surface area contributed by atoms with Crippen LogP contribution >= 0.6 is 0 Å². The van der Waals surface area contributed by atoms with Gasteiger partial charge in [-0.3, -0.25) is 4.98 Å². The van der Waals surface area contributed by atoms with E-state index in [1.807, 2.05) is 0 Å². The molecule has 0 spiro atoms. The van der Waals surface area contributed by atoms with Gasteiger partial charge in [0.15, 0.2) is 0 Å². The molecule has 1 unspecified atom stereocenters. The maximum absolute atomic E-state index is 11.9. The highest BCUT2D eigenvalue weighted by Crippen LogP contribution is 2.20. The minimum atomic E-state index is -4.39. The second-order valence-electron chi connectivity index (χ2n) is 3.35. The number of nitrogens with zero attached hydrogens (tertiary/aromatic N) is 1. The normalized spacial score (nSPS) is 13.4. The fourth-order valence-corrected chi connectivity index (χ4v) is 1.08. The number of carboxylic acids is 1. The van der Waals surface area contributed by atoms with Gasteiger partial charge in [-0.15, -0.1) is 0 Å². The number of ether oxygens (including phenoxy) is 1. The molecular formula is C10H10F3NO3. The number of hydrogen-bond acceptors (Lipinski definition) is 3. The van der Waals surface area contributed by atoms with E-state index in [1.54, 1.807) is 0 Å². The Hall–Kier alpha value is -1.63. The second-order valence-corrected chi connectivity index (χ2v) is 3.35. The van der Waals surface area contributed by atoms with Crippen molar-refractivity contribution >= 4 is 5.97 Å². The number of halogens is 3. The molecular weight excluding hydrogens is 239 g/mol. The molecule has 94 valence electrons. The van der Waals surface area contributed by atoms with Crippen LogP contribution < -0.4 is 0 Å². The van der Waals surface area contributed by atoms with Crippen molar-refractivity contribution in [1.82, 2.24) is 4.98 Å². The van der Waals surface area contributed by atoms with Gasteiger partial charge < -0.3 is 9.84 Å². The van der Waals surface area contributed by atoms with Crippen LogP contribution in [0.1, 0.15) is 29.1 Å². The molecule has 0 aromatic carbocycles. The highest BCUT2D eigenvalue weighted by Gasteiger charge is 2.28. The summed E-state index contributed by atoms with van der Waals surface area (Å²) >= 11 is 0. The predicted octanol–water partition coefficient (Wildman–Crippen LogP) is 2.42. The minimum absolute atomic E-state index is 0.0308. The standard InChI is InChI=1S/C10H10F3NO3/c1-6(17-5-10(11,12)13)8-3-2-7(4-14-8)9(15)16/h2-4,6H,5H2,1H3,(H,15,16). The Labute approximate surface area is 95.0 Å². The van der Waals surface area contributed by atoms with E-state index >= 15 is 0 Å². The number of rotatable bonds is 4. The van der Waals surface area contributed by atoms with Gasteiger partial charge in [0, 0.05) is 6.20 Å². The van der Waals surface area contributed by atoms with Crippen LogP contribution in [0.4, 0.5) is 13.2 Å². The van der Waals surface area contributed by atoms with Gasteiger partial charge in [0.25, 0.3) is 0 Å². The number of pyridine rings is 1. The molecule has 0 saturated carbocycles. The molecule has 0 saturated heterocycles. The lowest BCUT2D eigenvalue weighted by atomic mass is 10.2. The smallest absolute Gasteiger partial charge is 0.411 e. The fraction of sp³-hybridized carbons (Fsp3) is 0.400. The van der Waals surface area contributed by atoms with Crippen LogP contribution in [0.2, 0.25) is 0 Å². The zero-order valence-electron chi connectivity index (χ0n) is 8.86. The maximum Gasteiger partial charge on any atom is 0.411 e. The summed E-state index contributed by atoms with van der Waals surface area (Å²) in [5.41, 5.74) is 0.219. The van der Waals surface area contributed by atoms with Gasteiger partial charge >= 0.3 is 12.1 Å². The van der Waals surface area contributed by atoms with Gasteiger partial charge in [-0.1, -0.05) is 0 Å². The van der Waals surface area contributed by atoms with Crippen molar-refractivity contribution in [1.29, 1.82) is 0 Å². The first kappa shape index (κ1) is 13.4. The Bertz CT molecular complexity index is 389. The molecule has 0 radical (unpaired) electrons. The molecule has 0 aliphatic carbocycles. The van der Waals surface area contributed by atoms with E-state index in [0.29, 0.717) is 0 Å². The molecule has 17 heavy (non-hydrogen) atoms. The summed E-state index contributed by atoms with van der Waals surface area (Å²) in [5.74, 6) is -1.15. The zero-order chi connectivity index (χ0) is 13.1. The Kier molecular flexibility index (Phi) is 4.06. The summed E-state index contributed by atoms with van der Waals surface area (Å²) in [5, 5.41) is 8.60. The quantitative estimate of drug-likeness (QED) is 0.890. The Morgan fingerprint density at radius 3 is 2.59 bits per heavy atom. The first-order chi connectivity index (χ1) is 7.79. The maximum atomic E-state index is 11.9. The molecule has 0 amide bonds. The third-order valence-corrected chi connectivity index (χ3v) is 1.95. The first-order valence-electron chi connectivity index (χ1n) is 4.67. The number of aromatic carboxylic acids is 1. The molecule has 0 bridgehead atoms. The van der Waals surface area contributed by atoms with E-state index in [9.17, 15) is 18.0 Å². The molecule has 1 heterocycles. The van der Waals surface area contributed by atoms with Crippen molar-refractivity contribution in [3.63, 3.8) is 0 Å². The van der Waals surface area contributed by atoms with Crippen molar-refractivity contribution < 1.29 is 27.8 Å². The average Bonchev–Trinajstić information content (AvgIpc) is 2.25. The van der Waals surface area contributed by atoms with E-state index in [2.05, 4.69) is 9.72 Å². The molecule has 0 fully saturated rings. The lowest BCUT2D eigenvalue weighted by molar-refractivity contribution is -0.184. The molecule has 0 aliphatic rings. The van der Waals surface area contributed by atoms with Crippen LogP contribution in [0.15, 0.2) is 18.3 Å². The van der Waals surface area contributed by atoms with Crippen LogP contribution in [-0.2, 0) is 4.74 Å². The van der Waals surface area contributed by atoms with Crippen molar-refractivity contribution in [3.05, 3.63) is 29.6 Å². The number of carbonyl (C=O) groups is 1. The van der Waals surface area contributed by atoms with E-state index in [0.717, 1.165) is 6.20 Å². The number of hydrogen-bond donors (Lipinski definition) is 1. The van der Waals surface area contributed by atoms with Crippen LogP contribution in [0, 0.1) is 0 Å². The Balaban J connectivity index is 2.63. The number of carboxylic acid groups (broad SMARTS) is 1. The van der Waals surface area contributed by atoms with Crippen molar-refractivity contribution in [2.24, 2.45) is 0 Å². The molecule has 1 atom stereocenters. The highest BCUT2D eigenvalue weighted by molar-refractivity contribution is 5.87. The lowest BCUT2D eigenvalue weighted by Gasteiger charge is -2.14. The third kappa shape index (κ3) is 4.39. The van der Waals surface area contributed by atoms with E-state index < -0.39 is 24.9 Å². The van der Waals surface area contributed by atoms with Crippen LogP contribution in [-0.4, -0.2) is 28.8 Å². The van der Waals surface area contributed by atoms with Crippen LogP contribution in [0.5, 0.6) is 0 Å². The average molecular weight is 249 g/mol. The lowest BCUT2D eigenvalue weighted by Crippen LogP contribution is -2.18. The summed E-state index contributed by atoms with van der Waals surface area (Å²) in [6.45, 7) is 0.0467. The monoisotopic (exact) mass is 249 g/mol. The molecule has 1 rings (SSSR count). The molecule has 7 heteroatoms. The predicted molar refractivity (Wildman–Crippen MR) is 51.6 cm³/mol. The number of alkyl halides is 3. The largest absolute Gasteiger partial charge is 0.478 e. The third-order valence-electron chi connectivity index (χ3n) is 1.95. The first-order valence-corrected chi connectivity index (χ1v) is 4.67.